The number of rotatable bonds is 3. The molecule has 4 nitrogen and oxygen atoms in total. The summed E-state index contributed by atoms with van der Waals surface area (Å²) in [7, 11) is 0. The number of hydrogen-bond donors (Lipinski definition) is 2. The largest absolute Gasteiger partial charge is 0.396 e. The smallest absolute Gasteiger partial charge is 0.160 e. The molecule has 1 aromatic rings. The number of carbonyl (C=O) groups is 1. The number of anilines is 1. The number of carbonyl (C=O) groups excluding carboxylic acids is 1. The summed E-state index contributed by atoms with van der Waals surface area (Å²) < 4.78 is 0. The fourth-order valence-electron chi connectivity index (χ4n) is 1.81. The molecule has 5 heteroatoms. The second-order valence-corrected chi connectivity index (χ2v) is 4.68. The molecule has 15 heavy (non-hydrogen) atoms. The number of nitrogens with zero attached hydrogens (tertiary/aromatic N) is 1. The monoisotopic (exact) mass is 227 g/mol. The topological polar surface area (TPSA) is 60.8 Å². The molecular weight excluding hydrogens is 214 g/mol. The van der Waals surface area contributed by atoms with E-state index < -0.39 is 6.10 Å². The molecule has 1 aromatic heterocycles. The Kier molecular flexibility index (Phi) is 3.04. The standard InChI is InChI=1S/C10H13NO3S/c12-4-7-2-11(3-10(7)14)8-1-9(5-13)15-6-8/h1,5-7,10,12,14H,2-4H2. The van der Waals surface area contributed by atoms with Crippen LogP contribution in [0.5, 0.6) is 0 Å². The van der Waals surface area contributed by atoms with Crippen LogP contribution in [0.3, 0.4) is 0 Å². The molecule has 1 aliphatic heterocycles. The number of aliphatic hydroxyl groups is 2. The normalized spacial score (nSPS) is 25.9. The van der Waals surface area contributed by atoms with Gasteiger partial charge in [0.2, 0.25) is 0 Å². The van der Waals surface area contributed by atoms with Crippen molar-refractivity contribution in [1.82, 2.24) is 0 Å². The molecule has 1 aliphatic rings. The summed E-state index contributed by atoms with van der Waals surface area (Å²) in [5.74, 6) is -0.0791. The van der Waals surface area contributed by atoms with E-state index in [-0.39, 0.29) is 12.5 Å². The van der Waals surface area contributed by atoms with E-state index in [0.29, 0.717) is 18.0 Å². The van der Waals surface area contributed by atoms with Gasteiger partial charge in [-0.25, -0.2) is 0 Å². The quantitative estimate of drug-likeness (QED) is 0.731. The number of hydrogen-bond acceptors (Lipinski definition) is 5. The highest BCUT2D eigenvalue weighted by atomic mass is 32.1. The summed E-state index contributed by atoms with van der Waals surface area (Å²) in [4.78, 5) is 13.2. The third kappa shape index (κ3) is 2.04. The molecule has 0 bridgehead atoms. The third-order valence-electron chi connectivity index (χ3n) is 2.73. The zero-order valence-electron chi connectivity index (χ0n) is 8.17. The van der Waals surface area contributed by atoms with Crippen LogP contribution in [0.1, 0.15) is 9.67 Å². The van der Waals surface area contributed by atoms with Gasteiger partial charge < -0.3 is 15.1 Å². The average Bonchev–Trinajstić information content (AvgIpc) is 2.83. The summed E-state index contributed by atoms with van der Waals surface area (Å²) in [6, 6.07) is 1.81. The van der Waals surface area contributed by atoms with E-state index in [1.165, 1.54) is 11.3 Å². The van der Waals surface area contributed by atoms with Gasteiger partial charge in [0.25, 0.3) is 0 Å². The van der Waals surface area contributed by atoms with Crippen molar-refractivity contribution >= 4 is 23.3 Å². The van der Waals surface area contributed by atoms with E-state index in [1.807, 2.05) is 16.3 Å². The zero-order valence-corrected chi connectivity index (χ0v) is 8.98. The highest BCUT2D eigenvalue weighted by Crippen LogP contribution is 2.27. The van der Waals surface area contributed by atoms with Gasteiger partial charge in [-0.1, -0.05) is 0 Å². The zero-order chi connectivity index (χ0) is 10.8. The summed E-state index contributed by atoms with van der Waals surface area (Å²) >= 11 is 1.39. The number of β-amino-alcohol motifs (C(OH)–C–C–N with tert-alkyl or cyclic N) is 1. The molecular formula is C10H13NO3S. The molecule has 82 valence electrons. The maximum atomic E-state index is 10.5. The Morgan fingerprint density at radius 3 is 2.93 bits per heavy atom. The Balaban J connectivity index is 2.09. The first kappa shape index (κ1) is 10.6. The van der Waals surface area contributed by atoms with Gasteiger partial charge in [0.1, 0.15) is 0 Å². The van der Waals surface area contributed by atoms with Crippen molar-refractivity contribution in [2.24, 2.45) is 5.92 Å². The van der Waals surface area contributed by atoms with Crippen LogP contribution in [0.2, 0.25) is 0 Å². The lowest BCUT2D eigenvalue weighted by atomic mass is 10.1. The van der Waals surface area contributed by atoms with Gasteiger partial charge in [0.15, 0.2) is 6.29 Å². The molecule has 0 aliphatic carbocycles. The lowest BCUT2D eigenvalue weighted by molar-refractivity contribution is 0.104. The SMILES string of the molecule is O=Cc1cc(N2CC(O)C(CO)C2)cs1. The highest BCUT2D eigenvalue weighted by Gasteiger charge is 2.31. The fourth-order valence-corrected chi connectivity index (χ4v) is 2.53. The van der Waals surface area contributed by atoms with Gasteiger partial charge in [0, 0.05) is 30.1 Å². The Labute approximate surface area is 91.8 Å². The second kappa shape index (κ2) is 4.30. The van der Waals surface area contributed by atoms with Crippen LogP contribution in [-0.4, -0.2) is 42.3 Å². The van der Waals surface area contributed by atoms with E-state index in [2.05, 4.69) is 0 Å². The molecule has 2 N–H and O–H groups in total. The minimum absolute atomic E-state index is 0.00232. The summed E-state index contributed by atoms with van der Waals surface area (Å²) in [5, 5.41) is 20.5. The van der Waals surface area contributed by atoms with E-state index in [9.17, 15) is 9.90 Å². The van der Waals surface area contributed by atoms with Crippen molar-refractivity contribution in [2.75, 3.05) is 24.6 Å². The van der Waals surface area contributed by atoms with Gasteiger partial charge in [-0.05, 0) is 6.07 Å². The van der Waals surface area contributed by atoms with Crippen LogP contribution in [0.15, 0.2) is 11.4 Å². The molecule has 1 saturated heterocycles. The first-order chi connectivity index (χ1) is 7.24. The van der Waals surface area contributed by atoms with Gasteiger partial charge in [0.05, 0.1) is 17.6 Å². The maximum Gasteiger partial charge on any atom is 0.160 e. The lowest BCUT2D eigenvalue weighted by Gasteiger charge is -2.15. The Morgan fingerprint density at radius 1 is 1.60 bits per heavy atom. The molecule has 1 fully saturated rings. The average molecular weight is 227 g/mol. The second-order valence-electron chi connectivity index (χ2n) is 3.74. The summed E-state index contributed by atoms with van der Waals surface area (Å²) in [5.41, 5.74) is 0.956. The lowest BCUT2D eigenvalue weighted by Crippen LogP contribution is -2.20. The van der Waals surface area contributed by atoms with Crippen molar-refractivity contribution in [3.8, 4) is 0 Å². The molecule has 2 rings (SSSR count). The van der Waals surface area contributed by atoms with Gasteiger partial charge >= 0.3 is 0 Å². The highest BCUT2D eigenvalue weighted by molar-refractivity contribution is 7.12. The maximum absolute atomic E-state index is 10.5. The summed E-state index contributed by atoms with van der Waals surface area (Å²) in [6.07, 6.45) is 0.346. The number of aliphatic hydroxyl groups excluding tert-OH is 2. The van der Waals surface area contributed by atoms with Crippen molar-refractivity contribution in [3.05, 3.63) is 16.3 Å². The first-order valence-electron chi connectivity index (χ1n) is 4.82. The van der Waals surface area contributed by atoms with Crippen molar-refractivity contribution in [1.29, 1.82) is 0 Å². The Hall–Kier alpha value is -0.910. The Morgan fingerprint density at radius 2 is 2.40 bits per heavy atom. The minimum Gasteiger partial charge on any atom is -0.396 e. The van der Waals surface area contributed by atoms with Crippen LogP contribution in [0.4, 0.5) is 5.69 Å². The van der Waals surface area contributed by atoms with Crippen molar-refractivity contribution in [2.45, 2.75) is 6.10 Å². The fraction of sp³-hybridized carbons (Fsp3) is 0.500. The third-order valence-corrected chi connectivity index (χ3v) is 3.57. The van der Waals surface area contributed by atoms with E-state index in [1.54, 1.807) is 0 Å². The predicted octanol–water partition coefficient (Wildman–Crippen LogP) is 0.350. The van der Waals surface area contributed by atoms with Crippen LogP contribution < -0.4 is 4.90 Å². The molecule has 0 radical (unpaired) electrons. The van der Waals surface area contributed by atoms with Crippen LogP contribution in [-0.2, 0) is 0 Å². The van der Waals surface area contributed by atoms with Crippen LogP contribution in [0, 0.1) is 5.92 Å². The van der Waals surface area contributed by atoms with Crippen molar-refractivity contribution < 1.29 is 15.0 Å². The van der Waals surface area contributed by atoms with E-state index in [4.69, 9.17) is 5.11 Å². The molecule has 0 aromatic carbocycles. The van der Waals surface area contributed by atoms with Crippen LogP contribution >= 0.6 is 11.3 Å². The molecule has 2 unspecified atom stereocenters. The van der Waals surface area contributed by atoms with Gasteiger partial charge in [-0.2, -0.15) is 0 Å². The van der Waals surface area contributed by atoms with E-state index in [0.717, 1.165) is 12.0 Å². The minimum atomic E-state index is -0.477. The Bertz CT molecular complexity index is 352. The molecule has 0 saturated carbocycles. The van der Waals surface area contributed by atoms with Crippen LogP contribution in [0.25, 0.3) is 0 Å². The molecule has 0 spiro atoms. The van der Waals surface area contributed by atoms with Gasteiger partial charge in [-0.15, -0.1) is 11.3 Å². The first-order valence-corrected chi connectivity index (χ1v) is 5.70. The van der Waals surface area contributed by atoms with Gasteiger partial charge in [-0.3, -0.25) is 4.79 Å². The molecule has 2 heterocycles. The number of aldehydes is 1. The molecule has 2 atom stereocenters. The molecule has 0 amide bonds. The predicted molar refractivity (Wildman–Crippen MR) is 58.5 cm³/mol. The van der Waals surface area contributed by atoms with Crippen molar-refractivity contribution in [3.63, 3.8) is 0 Å². The van der Waals surface area contributed by atoms with E-state index >= 15 is 0 Å². The number of thiophene rings is 1. The summed E-state index contributed by atoms with van der Waals surface area (Å²) in [6.45, 7) is 1.18.